The Kier molecular flexibility index (Phi) is 6.77. The summed E-state index contributed by atoms with van der Waals surface area (Å²) >= 11 is 0. The summed E-state index contributed by atoms with van der Waals surface area (Å²) in [6.45, 7) is -0.468. The molecule has 3 aromatic rings. The molecule has 4 rings (SSSR count). The van der Waals surface area contributed by atoms with Crippen LogP contribution in [0.2, 0.25) is 0 Å². The number of methoxy groups -OCH3 is 1. The van der Waals surface area contributed by atoms with Crippen LogP contribution in [0.25, 0.3) is 6.08 Å². The van der Waals surface area contributed by atoms with Gasteiger partial charge in [-0.25, -0.2) is 14.0 Å². The van der Waals surface area contributed by atoms with Crippen LogP contribution in [0.4, 0.5) is 14.9 Å². The molecule has 0 aliphatic carbocycles. The molecule has 1 saturated heterocycles. The molecule has 11 nitrogen and oxygen atoms in total. The number of carbonyl (C=O) groups is 3. The number of halogens is 1. The first-order valence-electron chi connectivity index (χ1n) is 10.4. The molecule has 1 N–H and O–H groups in total. The van der Waals surface area contributed by atoms with E-state index in [1.165, 1.54) is 61.7 Å². The van der Waals surface area contributed by atoms with E-state index in [1.807, 2.05) is 0 Å². The summed E-state index contributed by atoms with van der Waals surface area (Å²) < 4.78 is 29.1. The zero-order chi connectivity index (χ0) is 25.8. The van der Waals surface area contributed by atoms with Crippen LogP contribution in [-0.2, 0) is 22.7 Å². The number of nitrogens with one attached hydrogen (secondary N) is 1. The van der Waals surface area contributed by atoms with Crippen molar-refractivity contribution in [2.45, 2.75) is 13.2 Å². The second-order valence-corrected chi connectivity index (χ2v) is 7.50. The zero-order valence-corrected chi connectivity index (χ0v) is 18.7. The van der Waals surface area contributed by atoms with Crippen molar-refractivity contribution in [3.8, 4) is 5.75 Å². The van der Waals surface area contributed by atoms with Crippen molar-refractivity contribution in [3.05, 3.63) is 98.9 Å². The van der Waals surface area contributed by atoms with Gasteiger partial charge in [0.1, 0.15) is 23.9 Å². The summed E-state index contributed by atoms with van der Waals surface area (Å²) in [4.78, 5) is 48.3. The Hall–Kier alpha value is -5.00. The van der Waals surface area contributed by atoms with E-state index in [0.29, 0.717) is 0 Å². The standard InChI is InChI=1S/C24H18FN3O8/c1-34-23(30)21-9-7-16(36-21)12-27-22(29)18(26-24(27)31)10-14-6-8-20(19(11-14)28(32)33)35-13-15-4-2-3-5-17(15)25/h2-11H,12-13H2,1H3,(H,26,31). The normalized spacial score (nSPS) is 14.2. The van der Waals surface area contributed by atoms with Crippen molar-refractivity contribution in [2.24, 2.45) is 0 Å². The van der Waals surface area contributed by atoms with Gasteiger partial charge in [-0.3, -0.25) is 19.8 Å². The number of nitrogens with zero attached hydrogens (tertiary/aromatic N) is 2. The largest absolute Gasteiger partial charge is 0.482 e. The minimum absolute atomic E-state index is 0.0834. The van der Waals surface area contributed by atoms with E-state index in [2.05, 4.69) is 10.1 Å². The van der Waals surface area contributed by atoms with Crippen molar-refractivity contribution in [2.75, 3.05) is 7.11 Å². The highest BCUT2D eigenvalue weighted by Gasteiger charge is 2.34. The maximum atomic E-state index is 13.8. The molecule has 1 aromatic heterocycles. The molecule has 2 aromatic carbocycles. The van der Waals surface area contributed by atoms with Gasteiger partial charge in [0, 0.05) is 11.6 Å². The number of nitro benzene ring substituents is 1. The lowest BCUT2D eigenvalue weighted by molar-refractivity contribution is -0.386. The predicted molar refractivity (Wildman–Crippen MR) is 121 cm³/mol. The van der Waals surface area contributed by atoms with Gasteiger partial charge < -0.3 is 19.2 Å². The maximum absolute atomic E-state index is 13.8. The zero-order valence-electron chi connectivity index (χ0n) is 18.7. The van der Waals surface area contributed by atoms with Crippen LogP contribution in [0.1, 0.15) is 27.4 Å². The van der Waals surface area contributed by atoms with E-state index in [1.54, 1.807) is 6.07 Å². The molecule has 0 atom stereocenters. The first-order chi connectivity index (χ1) is 17.3. The van der Waals surface area contributed by atoms with E-state index in [0.717, 1.165) is 4.90 Å². The van der Waals surface area contributed by atoms with Gasteiger partial charge in [0.25, 0.3) is 5.91 Å². The van der Waals surface area contributed by atoms with Crippen molar-refractivity contribution < 1.29 is 37.6 Å². The lowest BCUT2D eigenvalue weighted by Gasteiger charge is -2.09. The number of benzene rings is 2. The van der Waals surface area contributed by atoms with E-state index in [9.17, 15) is 28.9 Å². The topological polar surface area (TPSA) is 141 Å². The Balaban J connectivity index is 1.51. The number of amides is 3. The lowest BCUT2D eigenvalue weighted by Crippen LogP contribution is -2.30. The summed E-state index contributed by atoms with van der Waals surface area (Å²) in [5.41, 5.74) is -0.0432. The molecule has 0 radical (unpaired) electrons. The van der Waals surface area contributed by atoms with Crippen molar-refractivity contribution >= 4 is 29.7 Å². The third kappa shape index (κ3) is 5.06. The molecule has 1 fully saturated rings. The molecule has 0 spiro atoms. The fourth-order valence-corrected chi connectivity index (χ4v) is 3.37. The average molecular weight is 495 g/mol. The van der Waals surface area contributed by atoms with Crippen LogP contribution < -0.4 is 10.1 Å². The van der Waals surface area contributed by atoms with Crippen LogP contribution in [0.15, 0.2) is 64.7 Å². The summed E-state index contributed by atoms with van der Waals surface area (Å²) in [5.74, 6) is -1.90. The molecule has 1 aliphatic heterocycles. The van der Waals surface area contributed by atoms with Crippen LogP contribution in [0, 0.1) is 15.9 Å². The number of urea groups is 1. The first-order valence-corrected chi connectivity index (χ1v) is 10.4. The maximum Gasteiger partial charge on any atom is 0.373 e. The van der Waals surface area contributed by atoms with Gasteiger partial charge in [0.2, 0.25) is 5.76 Å². The number of esters is 1. The third-order valence-corrected chi connectivity index (χ3v) is 5.16. The van der Waals surface area contributed by atoms with E-state index < -0.39 is 34.3 Å². The Morgan fingerprint density at radius 3 is 2.69 bits per heavy atom. The van der Waals surface area contributed by atoms with Gasteiger partial charge in [-0.1, -0.05) is 24.3 Å². The number of carbonyl (C=O) groups excluding carboxylic acids is 3. The lowest BCUT2D eigenvalue weighted by atomic mass is 10.1. The third-order valence-electron chi connectivity index (χ3n) is 5.16. The minimum atomic E-state index is -0.735. The van der Waals surface area contributed by atoms with Gasteiger partial charge >= 0.3 is 17.7 Å². The number of hydrogen-bond donors (Lipinski definition) is 1. The number of nitro groups is 1. The molecule has 184 valence electrons. The quantitative estimate of drug-likeness (QED) is 0.164. The Labute approximate surface area is 202 Å². The van der Waals surface area contributed by atoms with E-state index >= 15 is 0 Å². The van der Waals surface area contributed by atoms with Gasteiger partial charge in [0.15, 0.2) is 5.75 Å². The van der Waals surface area contributed by atoms with Gasteiger partial charge in [-0.2, -0.15) is 0 Å². The molecular formula is C24H18FN3O8. The smallest absolute Gasteiger partial charge is 0.373 e. The molecule has 3 amide bonds. The van der Waals surface area contributed by atoms with Gasteiger partial charge in [0.05, 0.1) is 18.6 Å². The summed E-state index contributed by atoms with van der Waals surface area (Å²) in [6.07, 6.45) is 1.27. The molecule has 12 heteroatoms. The molecule has 36 heavy (non-hydrogen) atoms. The van der Waals surface area contributed by atoms with Gasteiger partial charge in [-0.15, -0.1) is 0 Å². The predicted octanol–water partition coefficient (Wildman–Crippen LogP) is 3.79. The van der Waals surface area contributed by atoms with Gasteiger partial charge in [-0.05, 0) is 35.9 Å². The Morgan fingerprint density at radius 2 is 1.97 bits per heavy atom. The Bertz CT molecular complexity index is 1400. The molecular weight excluding hydrogens is 477 g/mol. The van der Waals surface area contributed by atoms with E-state index in [4.69, 9.17) is 9.15 Å². The van der Waals surface area contributed by atoms with Crippen LogP contribution >= 0.6 is 0 Å². The fourth-order valence-electron chi connectivity index (χ4n) is 3.37. The fraction of sp³-hybridized carbons (Fsp3) is 0.125. The second-order valence-electron chi connectivity index (χ2n) is 7.50. The number of furan rings is 1. The van der Waals surface area contributed by atoms with Crippen LogP contribution in [0.5, 0.6) is 5.75 Å². The number of rotatable bonds is 8. The highest BCUT2D eigenvalue weighted by Crippen LogP contribution is 2.30. The molecule has 2 heterocycles. The molecule has 1 aliphatic rings. The molecule has 0 unspecified atom stereocenters. The molecule has 0 bridgehead atoms. The van der Waals surface area contributed by atoms with Crippen LogP contribution in [-0.4, -0.2) is 34.8 Å². The van der Waals surface area contributed by atoms with Crippen molar-refractivity contribution in [1.82, 2.24) is 10.2 Å². The summed E-state index contributed by atoms with van der Waals surface area (Å²) in [5, 5.41) is 14.0. The number of ether oxygens (including phenoxy) is 2. The molecule has 0 saturated carbocycles. The highest BCUT2D eigenvalue weighted by atomic mass is 19.1. The SMILES string of the molecule is COC(=O)c1ccc(CN2C(=O)NC(=Cc3ccc(OCc4ccccc4F)c([N+](=O)[O-])c3)C2=O)o1. The Morgan fingerprint density at radius 1 is 1.19 bits per heavy atom. The van der Waals surface area contributed by atoms with E-state index in [-0.39, 0.29) is 47.2 Å². The monoisotopic (exact) mass is 495 g/mol. The van der Waals surface area contributed by atoms with Crippen LogP contribution in [0.3, 0.4) is 0 Å². The highest BCUT2D eigenvalue weighted by molar-refractivity contribution is 6.13. The summed E-state index contributed by atoms with van der Waals surface area (Å²) in [6, 6.07) is 11.9. The summed E-state index contributed by atoms with van der Waals surface area (Å²) in [7, 11) is 1.19. The van der Waals surface area contributed by atoms with Crippen molar-refractivity contribution in [1.29, 1.82) is 0 Å². The minimum Gasteiger partial charge on any atom is -0.482 e. The second kappa shape index (κ2) is 10.1. The average Bonchev–Trinajstić information content (AvgIpc) is 3.44. The number of imide groups is 1. The first kappa shape index (κ1) is 24.1. The van der Waals surface area contributed by atoms with Crippen molar-refractivity contribution in [3.63, 3.8) is 0 Å². The number of hydrogen-bond acceptors (Lipinski definition) is 8.